The Morgan fingerprint density at radius 2 is 2.00 bits per heavy atom. The first-order chi connectivity index (χ1) is 13.2. The third-order valence-electron chi connectivity index (χ3n) is 4.57. The molecule has 0 saturated heterocycles. The second-order valence-corrected chi connectivity index (χ2v) is 6.82. The van der Waals surface area contributed by atoms with Gasteiger partial charge in [-0.25, -0.2) is 4.98 Å². The number of rotatable bonds is 2. The van der Waals surface area contributed by atoms with Gasteiger partial charge in [0.25, 0.3) is 5.56 Å². The van der Waals surface area contributed by atoms with Crippen LogP contribution in [0.2, 0.25) is 5.02 Å². The third kappa shape index (κ3) is 2.73. The Morgan fingerprint density at radius 3 is 2.93 bits per heavy atom. The Morgan fingerprint density at radius 1 is 1.15 bits per heavy atom. The summed E-state index contributed by atoms with van der Waals surface area (Å²) in [6.07, 6.45) is 2.33. The maximum absolute atomic E-state index is 12.9. The van der Waals surface area contributed by atoms with E-state index in [1.165, 1.54) is 10.9 Å². The van der Waals surface area contributed by atoms with Crippen LogP contribution in [0, 0.1) is 0 Å². The molecule has 3 heterocycles. The van der Waals surface area contributed by atoms with Crippen LogP contribution in [0.4, 0.5) is 0 Å². The monoisotopic (exact) mass is 382 g/mol. The first-order valence-corrected chi connectivity index (χ1v) is 9.03. The maximum Gasteiger partial charge on any atom is 0.297 e. The molecule has 0 spiro atoms. The molecule has 0 aliphatic carbocycles. The predicted molar refractivity (Wildman–Crippen MR) is 102 cm³/mol. The van der Waals surface area contributed by atoms with Crippen molar-refractivity contribution in [2.75, 3.05) is 13.2 Å². The van der Waals surface area contributed by atoms with Crippen LogP contribution in [0.15, 0.2) is 51.9 Å². The highest BCUT2D eigenvalue weighted by atomic mass is 35.5. The minimum Gasteiger partial charge on any atom is -0.489 e. The molecular formula is C20H15ClN2O4. The molecule has 4 aromatic rings. The number of furan rings is 1. The van der Waals surface area contributed by atoms with Gasteiger partial charge in [0.15, 0.2) is 11.5 Å². The molecule has 0 amide bonds. The van der Waals surface area contributed by atoms with Crippen LogP contribution in [-0.2, 0) is 6.54 Å². The van der Waals surface area contributed by atoms with Crippen LogP contribution in [0.5, 0.6) is 11.5 Å². The van der Waals surface area contributed by atoms with Gasteiger partial charge in [0.05, 0.1) is 31.1 Å². The molecule has 0 N–H and O–H groups in total. The van der Waals surface area contributed by atoms with Gasteiger partial charge in [-0.05, 0) is 29.8 Å². The summed E-state index contributed by atoms with van der Waals surface area (Å²) in [5.41, 5.74) is 2.05. The van der Waals surface area contributed by atoms with Gasteiger partial charge in [0, 0.05) is 11.8 Å². The molecule has 5 rings (SSSR count). The molecule has 1 aliphatic rings. The van der Waals surface area contributed by atoms with E-state index < -0.39 is 0 Å². The normalized spacial score (nSPS) is 13.8. The van der Waals surface area contributed by atoms with Gasteiger partial charge in [-0.3, -0.25) is 9.36 Å². The van der Waals surface area contributed by atoms with E-state index in [9.17, 15) is 4.79 Å². The number of hydrogen-bond donors (Lipinski definition) is 0. The van der Waals surface area contributed by atoms with Crippen molar-refractivity contribution in [2.45, 2.75) is 13.0 Å². The van der Waals surface area contributed by atoms with Crippen molar-refractivity contribution < 1.29 is 13.9 Å². The molecule has 6 nitrogen and oxygen atoms in total. The summed E-state index contributed by atoms with van der Waals surface area (Å²) < 4.78 is 18.6. The molecular weight excluding hydrogens is 368 g/mol. The maximum atomic E-state index is 12.9. The quantitative estimate of drug-likeness (QED) is 0.524. The highest BCUT2D eigenvalue weighted by Gasteiger charge is 2.17. The van der Waals surface area contributed by atoms with Crippen molar-refractivity contribution in [3.05, 3.63) is 63.7 Å². The van der Waals surface area contributed by atoms with E-state index in [4.69, 9.17) is 25.5 Å². The van der Waals surface area contributed by atoms with Crippen molar-refractivity contribution in [1.29, 1.82) is 0 Å². The molecule has 0 saturated carbocycles. The van der Waals surface area contributed by atoms with Crippen LogP contribution < -0.4 is 15.0 Å². The number of aromatic nitrogens is 2. The van der Waals surface area contributed by atoms with E-state index in [1.807, 2.05) is 30.3 Å². The largest absolute Gasteiger partial charge is 0.489 e. The minimum absolute atomic E-state index is 0.237. The molecule has 0 unspecified atom stereocenters. The Kier molecular flexibility index (Phi) is 3.79. The lowest BCUT2D eigenvalue weighted by atomic mass is 10.2. The van der Waals surface area contributed by atoms with Gasteiger partial charge >= 0.3 is 0 Å². The SMILES string of the molecule is O=c1c2oc3ccccc3c2ncn1Cc1cc(Cl)c2c(c1)OCCCO2. The molecule has 136 valence electrons. The second-order valence-electron chi connectivity index (χ2n) is 6.41. The predicted octanol–water partition coefficient (Wildman–Crippen LogP) is 4.01. The summed E-state index contributed by atoms with van der Waals surface area (Å²) in [6, 6.07) is 11.1. The molecule has 0 bridgehead atoms. The van der Waals surface area contributed by atoms with Crippen molar-refractivity contribution >= 4 is 33.7 Å². The third-order valence-corrected chi connectivity index (χ3v) is 4.85. The van der Waals surface area contributed by atoms with E-state index in [0.717, 1.165) is 17.4 Å². The summed E-state index contributed by atoms with van der Waals surface area (Å²) in [5.74, 6) is 1.15. The summed E-state index contributed by atoms with van der Waals surface area (Å²) in [7, 11) is 0. The fraction of sp³-hybridized carbons (Fsp3) is 0.200. The van der Waals surface area contributed by atoms with Gasteiger partial charge in [-0.15, -0.1) is 0 Å². The zero-order valence-electron chi connectivity index (χ0n) is 14.3. The second kappa shape index (κ2) is 6.32. The van der Waals surface area contributed by atoms with Crippen LogP contribution in [0.3, 0.4) is 0 Å². The lowest BCUT2D eigenvalue weighted by Gasteiger charge is -2.12. The Hall–Kier alpha value is -2.99. The number of nitrogens with zero attached hydrogens (tertiary/aromatic N) is 2. The lowest BCUT2D eigenvalue weighted by molar-refractivity contribution is 0.297. The summed E-state index contributed by atoms with van der Waals surface area (Å²) in [4.78, 5) is 17.3. The van der Waals surface area contributed by atoms with E-state index in [1.54, 1.807) is 6.07 Å². The zero-order chi connectivity index (χ0) is 18.4. The number of para-hydroxylation sites is 1. The van der Waals surface area contributed by atoms with Crippen LogP contribution in [0.1, 0.15) is 12.0 Å². The number of halogens is 1. The van der Waals surface area contributed by atoms with Gasteiger partial charge in [-0.1, -0.05) is 23.7 Å². The van der Waals surface area contributed by atoms with E-state index >= 15 is 0 Å². The topological polar surface area (TPSA) is 66.5 Å². The molecule has 2 aromatic heterocycles. The summed E-state index contributed by atoms with van der Waals surface area (Å²) in [6.45, 7) is 1.44. The van der Waals surface area contributed by atoms with Crippen molar-refractivity contribution in [2.24, 2.45) is 0 Å². The van der Waals surface area contributed by atoms with Crippen LogP contribution in [-0.4, -0.2) is 22.8 Å². The van der Waals surface area contributed by atoms with Gasteiger partial charge in [-0.2, -0.15) is 0 Å². The van der Waals surface area contributed by atoms with Gasteiger partial charge < -0.3 is 13.9 Å². The highest BCUT2D eigenvalue weighted by Crippen LogP contribution is 2.38. The zero-order valence-corrected chi connectivity index (χ0v) is 15.0. The number of benzene rings is 2. The number of ether oxygens (including phenoxy) is 2. The average Bonchev–Trinajstić information content (AvgIpc) is 2.88. The standard InChI is InChI=1S/C20H15ClN2O4/c21-14-8-12(9-16-18(14)26-7-3-6-25-16)10-23-11-22-17-13-4-1-2-5-15(13)27-19(17)20(23)24/h1-2,4-5,8-9,11H,3,6-7,10H2. The van der Waals surface area contributed by atoms with E-state index in [-0.39, 0.29) is 11.1 Å². The van der Waals surface area contributed by atoms with Crippen molar-refractivity contribution in [3.8, 4) is 11.5 Å². The fourth-order valence-corrected chi connectivity index (χ4v) is 3.59. The van der Waals surface area contributed by atoms with Crippen LogP contribution >= 0.6 is 11.6 Å². The fourth-order valence-electron chi connectivity index (χ4n) is 3.30. The first kappa shape index (κ1) is 16.2. The highest BCUT2D eigenvalue weighted by molar-refractivity contribution is 6.32. The van der Waals surface area contributed by atoms with Gasteiger partial charge in [0.2, 0.25) is 5.58 Å². The molecule has 1 aliphatic heterocycles. The Balaban J connectivity index is 1.58. The van der Waals surface area contributed by atoms with Crippen molar-refractivity contribution in [3.63, 3.8) is 0 Å². The Bertz CT molecular complexity index is 1230. The first-order valence-electron chi connectivity index (χ1n) is 8.65. The molecule has 27 heavy (non-hydrogen) atoms. The summed E-state index contributed by atoms with van der Waals surface area (Å²) >= 11 is 6.35. The number of fused-ring (bicyclic) bond motifs is 4. The number of hydrogen-bond acceptors (Lipinski definition) is 5. The molecule has 7 heteroatoms. The molecule has 2 aromatic carbocycles. The Labute approximate surface area is 158 Å². The summed E-state index contributed by atoms with van der Waals surface area (Å²) in [5, 5.41) is 1.30. The average molecular weight is 383 g/mol. The molecule has 0 atom stereocenters. The lowest BCUT2D eigenvalue weighted by Crippen LogP contribution is -2.20. The van der Waals surface area contributed by atoms with Crippen LogP contribution in [0.25, 0.3) is 22.1 Å². The minimum atomic E-state index is -0.237. The molecule has 0 radical (unpaired) electrons. The molecule has 0 fully saturated rings. The van der Waals surface area contributed by atoms with Gasteiger partial charge in [0.1, 0.15) is 11.1 Å². The smallest absolute Gasteiger partial charge is 0.297 e. The van der Waals surface area contributed by atoms with Crippen molar-refractivity contribution in [1.82, 2.24) is 9.55 Å². The van der Waals surface area contributed by atoms with E-state index in [0.29, 0.717) is 47.4 Å². The van der Waals surface area contributed by atoms with E-state index in [2.05, 4.69) is 4.98 Å².